The molecule has 6 nitrogen and oxygen atoms in total. The number of ether oxygens (including phenoxy) is 3. The van der Waals surface area contributed by atoms with E-state index in [1.54, 1.807) is 0 Å². The van der Waals surface area contributed by atoms with Crippen molar-refractivity contribution in [1.82, 2.24) is 0 Å². The number of carbonyl (C=O) groups is 3. The summed E-state index contributed by atoms with van der Waals surface area (Å²) in [5, 5.41) is 0. The summed E-state index contributed by atoms with van der Waals surface area (Å²) >= 11 is 0. The van der Waals surface area contributed by atoms with E-state index in [9.17, 15) is 14.4 Å². The minimum atomic E-state index is -0.860. The normalized spacial score (nSPS) is 13.5. The summed E-state index contributed by atoms with van der Waals surface area (Å²) in [6, 6.07) is 0. The summed E-state index contributed by atoms with van der Waals surface area (Å²) in [6.45, 7) is 6.10. The van der Waals surface area contributed by atoms with Gasteiger partial charge < -0.3 is 14.2 Å². The second-order valence-electron chi connectivity index (χ2n) is 15.6. The van der Waals surface area contributed by atoms with Crippen LogP contribution in [0.4, 0.5) is 0 Å². The Hall–Kier alpha value is -4.97. The second kappa shape index (κ2) is 51.7. The molecule has 0 aliphatic carbocycles. The first-order valence-electron chi connectivity index (χ1n) is 25.0. The van der Waals surface area contributed by atoms with Gasteiger partial charge in [-0.05, 0) is 103 Å². The number of hydrogen-bond donors (Lipinski definition) is 0. The molecule has 0 aliphatic heterocycles. The zero-order chi connectivity index (χ0) is 47.2. The molecule has 1 atom stereocenters. The van der Waals surface area contributed by atoms with Crippen LogP contribution in [-0.4, -0.2) is 37.2 Å². The third-order valence-electron chi connectivity index (χ3n) is 9.60. The Morgan fingerprint density at radius 1 is 0.323 bits per heavy atom. The van der Waals surface area contributed by atoms with Gasteiger partial charge in [-0.15, -0.1) is 0 Å². The number of esters is 3. The summed E-state index contributed by atoms with van der Waals surface area (Å²) in [5.41, 5.74) is 0. The highest BCUT2D eigenvalue weighted by Gasteiger charge is 2.19. The van der Waals surface area contributed by atoms with Gasteiger partial charge in [-0.1, -0.05) is 211 Å². The molecule has 0 heterocycles. The summed E-state index contributed by atoms with van der Waals surface area (Å²) in [7, 11) is 0. The molecule has 0 bridgehead atoms. The first-order valence-corrected chi connectivity index (χ1v) is 25.0. The standard InChI is InChI=1S/C59H88O6/c1-4-7-10-13-16-19-22-25-28-31-34-37-40-43-46-49-52-58(61)64-55-56(54-63-57(60)51-48-45-42-39-36-33-30-27-24-21-18-15-12-9-6-3)65-59(62)53-50-47-44-41-38-35-32-29-26-23-20-17-14-11-8-5-2/h7-12,15-21,24-26,28-29,34-35,37-38,43-44,46-47,56H,4-6,13-14,22-23,27,30-33,36,39-42,45,48-55H2,1-3H3/b10-7-,11-8-,12-9-,18-15-,19-16-,20-17-,24-21-,28-25-,29-26-,37-34-,38-35-,46-43-,47-44-. The summed E-state index contributed by atoms with van der Waals surface area (Å²) in [6.07, 6.45) is 75.3. The molecular formula is C59H88O6. The topological polar surface area (TPSA) is 78.9 Å². The molecule has 0 aromatic heterocycles. The third-order valence-corrected chi connectivity index (χ3v) is 9.60. The third kappa shape index (κ3) is 49.9. The van der Waals surface area contributed by atoms with Crippen LogP contribution in [0.25, 0.3) is 0 Å². The van der Waals surface area contributed by atoms with Crippen molar-refractivity contribution in [2.24, 2.45) is 0 Å². The molecule has 0 aromatic rings. The quantitative estimate of drug-likeness (QED) is 0.0200. The van der Waals surface area contributed by atoms with Gasteiger partial charge in [-0.2, -0.15) is 0 Å². The Balaban J connectivity index is 4.66. The van der Waals surface area contributed by atoms with E-state index < -0.39 is 12.1 Å². The molecule has 65 heavy (non-hydrogen) atoms. The first kappa shape index (κ1) is 60.0. The van der Waals surface area contributed by atoms with Gasteiger partial charge in [0.05, 0.1) is 0 Å². The first-order chi connectivity index (χ1) is 32.0. The fourth-order valence-corrected chi connectivity index (χ4v) is 5.95. The van der Waals surface area contributed by atoms with Crippen LogP contribution in [0.15, 0.2) is 158 Å². The van der Waals surface area contributed by atoms with Crippen molar-refractivity contribution in [3.8, 4) is 0 Å². The van der Waals surface area contributed by atoms with Crippen molar-refractivity contribution < 1.29 is 28.6 Å². The van der Waals surface area contributed by atoms with E-state index in [1.165, 1.54) is 19.3 Å². The molecule has 0 fully saturated rings. The summed E-state index contributed by atoms with van der Waals surface area (Å²) in [4.78, 5) is 37.9. The van der Waals surface area contributed by atoms with Gasteiger partial charge in [0.1, 0.15) is 13.2 Å². The van der Waals surface area contributed by atoms with Gasteiger partial charge in [-0.25, -0.2) is 0 Å². The van der Waals surface area contributed by atoms with Gasteiger partial charge in [0.2, 0.25) is 0 Å². The minimum Gasteiger partial charge on any atom is -0.462 e. The van der Waals surface area contributed by atoms with E-state index in [4.69, 9.17) is 14.2 Å². The average Bonchev–Trinajstić information content (AvgIpc) is 3.30. The average molecular weight is 893 g/mol. The van der Waals surface area contributed by atoms with Crippen LogP contribution < -0.4 is 0 Å². The van der Waals surface area contributed by atoms with Crippen LogP contribution in [0.1, 0.15) is 175 Å². The van der Waals surface area contributed by atoms with Crippen LogP contribution in [0.5, 0.6) is 0 Å². The molecule has 0 aromatic carbocycles. The maximum absolute atomic E-state index is 12.8. The highest BCUT2D eigenvalue weighted by Crippen LogP contribution is 2.12. The lowest BCUT2D eigenvalue weighted by atomic mass is 10.1. The predicted molar refractivity (Wildman–Crippen MR) is 278 cm³/mol. The fourth-order valence-electron chi connectivity index (χ4n) is 5.95. The highest BCUT2D eigenvalue weighted by molar-refractivity contribution is 5.71. The smallest absolute Gasteiger partial charge is 0.306 e. The Bertz CT molecular complexity index is 1540. The monoisotopic (exact) mass is 893 g/mol. The van der Waals surface area contributed by atoms with Crippen molar-refractivity contribution in [3.05, 3.63) is 158 Å². The lowest BCUT2D eigenvalue weighted by Gasteiger charge is -2.18. The number of rotatable bonds is 42. The van der Waals surface area contributed by atoms with Crippen LogP contribution in [0.2, 0.25) is 0 Å². The maximum atomic E-state index is 12.8. The van der Waals surface area contributed by atoms with Gasteiger partial charge in [-0.3, -0.25) is 14.4 Å². The van der Waals surface area contributed by atoms with Gasteiger partial charge in [0.25, 0.3) is 0 Å². The highest BCUT2D eigenvalue weighted by atomic mass is 16.6. The molecule has 360 valence electrons. The molecule has 1 unspecified atom stereocenters. The van der Waals surface area contributed by atoms with E-state index in [2.05, 4.69) is 154 Å². The van der Waals surface area contributed by atoms with Crippen LogP contribution in [0, 0.1) is 0 Å². The van der Waals surface area contributed by atoms with Crippen molar-refractivity contribution in [2.45, 2.75) is 181 Å². The van der Waals surface area contributed by atoms with Gasteiger partial charge >= 0.3 is 17.9 Å². The fraction of sp³-hybridized carbons (Fsp3) is 0.508. The molecular weight excluding hydrogens is 805 g/mol. The molecule has 0 saturated carbocycles. The van der Waals surface area contributed by atoms with Crippen LogP contribution >= 0.6 is 0 Å². The number of allylic oxidation sites excluding steroid dienone is 26. The summed E-state index contributed by atoms with van der Waals surface area (Å²) in [5.74, 6) is -1.14. The molecule has 0 rings (SSSR count). The van der Waals surface area contributed by atoms with Crippen molar-refractivity contribution in [2.75, 3.05) is 13.2 Å². The SMILES string of the molecule is CC\C=C/C=C\C=C/CCCCCCCCCC(=O)OCC(COC(=O)CC/C=C\C/C=C\C/C=C\C/C=C\C/C=C\CC)OC(=O)CC/C=C\C/C=C\C/C=C\C/C=C\C/C=C\CC. The maximum Gasteiger partial charge on any atom is 0.306 e. The molecule has 0 amide bonds. The largest absolute Gasteiger partial charge is 0.462 e. The Morgan fingerprint density at radius 3 is 1.09 bits per heavy atom. The summed E-state index contributed by atoms with van der Waals surface area (Å²) < 4.78 is 16.6. The van der Waals surface area contributed by atoms with Crippen LogP contribution in [0.3, 0.4) is 0 Å². The zero-order valence-electron chi connectivity index (χ0n) is 40.9. The number of carbonyl (C=O) groups excluding carboxylic acids is 3. The van der Waals surface area contributed by atoms with Crippen molar-refractivity contribution in [1.29, 1.82) is 0 Å². The van der Waals surface area contributed by atoms with Gasteiger partial charge in [0.15, 0.2) is 6.10 Å². The lowest BCUT2D eigenvalue weighted by Crippen LogP contribution is -2.30. The minimum absolute atomic E-state index is 0.145. The molecule has 0 aliphatic rings. The Morgan fingerprint density at radius 2 is 0.662 bits per heavy atom. The van der Waals surface area contributed by atoms with E-state index in [1.807, 2.05) is 24.3 Å². The van der Waals surface area contributed by atoms with E-state index in [0.717, 1.165) is 103 Å². The molecule has 0 N–H and O–H groups in total. The zero-order valence-corrected chi connectivity index (χ0v) is 40.9. The van der Waals surface area contributed by atoms with Crippen molar-refractivity contribution in [3.63, 3.8) is 0 Å². The van der Waals surface area contributed by atoms with E-state index >= 15 is 0 Å². The van der Waals surface area contributed by atoms with E-state index in [0.29, 0.717) is 19.3 Å². The molecule has 0 spiro atoms. The number of hydrogen-bond acceptors (Lipinski definition) is 6. The Kier molecular flexibility index (Phi) is 47.7. The molecule has 0 radical (unpaired) electrons. The molecule has 0 saturated heterocycles. The molecule has 6 heteroatoms. The lowest BCUT2D eigenvalue weighted by molar-refractivity contribution is -0.166. The van der Waals surface area contributed by atoms with Crippen molar-refractivity contribution >= 4 is 17.9 Å². The second-order valence-corrected chi connectivity index (χ2v) is 15.6. The van der Waals surface area contributed by atoms with E-state index in [-0.39, 0.29) is 38.0 Å². The van der Waals surface area contributed by atoms with Gasteiger partial charge in [0, 0.05) is 19.3 Å². The van der Waals surface area contributed by atoms with Crippen LogP contribution in [-0.2, 0) is 28.6 Å². The number of unbranched alkanes of at least 4 members (excludes halogenated alkanes) is 7. The predicted octanol–water partition coefficient (Wildman–Crippen LogP) is 16.6. The Labute approximate surface area is 397 Å².